The van der Waals surface area contributed by atoms with Gasteiger partial charge in [0.2, 0.25) is 0 Å². The van der Waals surface area contributed by atoms with Crippen LogP contribution in [0.3, 0.4) is 0 Å². The van der Waals surface area contributed by atoms with E-state index >= 15 is 0 Å². The Morgan fingerprint density at radius 2 is 1.88 bits per heavy atom. The van der Waals surface area contributed by atoms with Crippen molar-refractivity contribution in [1.29, 1.82) is 0 Å². The second kappa shape index (κ2) is 14.2. The van der Waals surface area contributed by atoms with Crippen LogP contribution in [0.15, 0.2) is 18.0 Å². The van der Waals surface area contributed by atoms with E-state index in [2.05, 4.69) is 68.5 Å². The summed E-state index contributed by atoms with van der Waals surface area (Å²) in [5.41, 5.74) is 6.66. The molecule has 4 aliphatic carbocycles. The molecule has 10 nitrogen and oxygen atoms in total. The van der Waals surface area contributed by atoms with Crippen molar-refractivity contribution in [3.8, 4) is 12.3 Å². The molecule has 0 bridgehead atoms. The monoisotopic (exact) mass is 721 g/mol. The van der Waals surface area contributed by atoms with Gasteiger partial charge in [-0.1, -0.05) is 72.0 Å². The van der Waals surface area contributed by atoms with Crippen LogP contribution >= 0.6 is 0 Å². The SMILES string of the molecule is C#C[C@]1(CO)O[C@@H](n2cnc3c(N)nc(F)nc32)C[C@@H]1OC(O)O[C@H]1CC[C@@]2(C)C(=CC[C@H]3[C@@H]4CC[C@H]([C@H](C)CC[C@@H](C)C(C)C)[C@@]4(C)CC[C@@H]32)C1. The number of allylic oxidation sites excluding steroid dienone is 1. The summed E-state index contributed by atoms with van der Waals surface area (Å²) in [5.74, 6) is 7.80. The average Bonchev–Trinajstić information content (AvgIpc) is 3.80. The van der Waals surface area contributed by atoms with Crippen molar-refractivity contribution < 1.29 is 28.8 Å². The van der Waals surface area contributed by atoms with Gasteiger partial charge < -0.3 is 30.2 Å². The number of hydrogen-bond donors (Lipinski definition) is 3. The molecule has 1 saturated heterocycles. The van der Waals surface area contributed by atoms with Gasteiger partial charge >= 0.3 is 6.08 Å². The first-order valence-corrected chi connectivity index (χ1v) is 19.8. The van der Waals surface area contributed by atoms with Crippen LogP contribution in [0.5, 0.6) is 0 Å². The summed E-state index contributed by atoms with van der Waals surface area (Å²) in [4.78, 5) is 11.6. The molecule has 13 atom stereocenters. The van der Waals surface area contributed by atoms with Gasteiger partial charge in [-0.3, -0.25) is 4.57 Å². The van der Waals surface area contributed by atoms with E-state index in [-0.39, 0.29) is 34.9 Å². The molecule has 0 radical (unpaired) electrons. The minimum absolute atomic E-state index is 0.102. The van der Waals surface area contributed by atoms with Crippen molar-refractivity contribution in [2.45, 2.75) is 143 Å². The van der Waals surface area contributed by atoms with Crippen molar-refractivity contribution in [1.82, 2.24) is 19.5 Å². The molecule has 2 aromatic rings. The molecule has 0 amide bonds. The highest BCUT2D eigenvalue weighted by Gasteiger charge is 2.59. The third kappa shape index (κ3) is 6.38. The van der Waals surface area contributed by atoms with E-state index in [0.717, 1.165) is 61.2 Å². The maximum atomic E-state index is 14.0. The third-order valence-corrected chi connectivity index (χ3v) is 15.1. The van der Waals surface area contributed by atoms with Gasteiger partial charge in [0.05, 0.1) is 19.0 Å². The largest absolute Gasteiger partial charge is 0.392 e. The van der Waals surface area contributed by atoms with Crippen LogP contribution in [0.4, 0.5) is 10.2 Å². The lowest BCUT2D eigenvalue weighted by molar-refractivity contribution is -0.310. The van der Waals surface area contributed by atoms with E-state index in [4.69, 9.17) is 26.4 Å². The Hall–Kier alpha value is -2.62. The van der Waals surface area contributed by atoms with Gasteiger partial charge in [-0.2, -0.15) is 14.4 Å². The Bertz CT molecular complexity index is 1690. The van der Waals surface area contributed by atoms with Crippen molar-refractivity contribution in [2.75, 3.05) is 12.3 Å². The number of hydrogen-bond acceptors (Lipinski definition) is 9. The molecule has 52 heavy (non-hydrogen) atoms. The Balaban J connectivity index is 0.989. The minimum atomic E-state index is -1.58. The lowest BCUT2D eigenvalue weighted by Crippen LogP contribution is -2.51. The topological polar surface area (TPSA) is 138 Å². The molecule has 11 heteroatoms. The van der Waals surface area contributed by atoms with Crippen LogP contribution in [0.25, 0.3) is 11.2 Å². The molecule has 0 spiro atoms. The van der Waals surface area contributed by atoms with E-state index in [9.17, 15) is 14.6 Å². The second-order valence-electron chi connectivity index (χ2n) is 17.9. The molecule has 4 fully saturated rings. The molecule has 4 N–H and O–H groups in total. The number of nitrogens with two attached hydrogens (primary N) is 1. The van der Waals surface area contributed by atoms with Crippen LogP contribution in [0.1, 0.15) is 118 Å². The molecule has 3 saturated carbocycles. The number of ether oxygens (including phenoxy) is 3. The summed E-state index contributed by atoms with van der Waals surface area (Å²) in [5, 5.41) is 21.5. The number of halogens is 1. The molecule has 286 valence electrons. The van der Waals surface area contributed by atoms with E-state index in [1.165, 1.54) is 55.0 Å². The highest BCUT2D eigenvalue weighted by Crippen LogP contribution is 2.67. The van der Waals surface area contributed by atoms with Crippen LogP contribution in [0.2, 0.25) is 0 Å². The fourth-order valence-corrected chi connectivity index (χ4v) is 11.6. The maximum Gasteiger partial charge on any atom is 0.312 e. The van der Waals surface area contributed by atoms with E-state index in [0.29, 0.717) is 11.3 Å². The highest BCUT2D eigenvalue weighted by atomic mass is 19.1. The summed E-state index contributed by atoms with van der Waals surface area (Å²) in [6, 6.07) is 0. The first-order chi connectivity index (χ1) is 24.7. The normalized spacial score (nSPS) is 39.0. The fourth-order valence-electron chi connectivity index (χ4n) is 11.6. The lowest BCUT2D eigenvalue weighted by atomic mass is 9.47. The van der Waals surface area contributed by atoms with Gasteiger partial charge in [-0.05, 0) is 104 Å². The zero-order valence-electron chi connectivity index (χ0n) is 31.9. The Morgan fingerprint density at radius 1 is 1.10 bits per heavy atom. The number of aliphatic hydroxyl groups is 2. The molecular formula is C41H60FN5O5. The molecule has 0 aromatic carbocycles. The predicted molar refractivity (Wildman–Crippen MR) is 196 cm³/mol. The molecule has 5 aliphatic rings. The number of terminal acetylenes is 1. The second-order valence-corrected chi connectivity index (χ2v) is 17.9. The standard InChI is InChI=1S/C41H60FN5O5/c1-8-41(21-48)32(20-33(52-41)47-22-44-34-35(43)45-37(42)46-36(34)47)51-38(49)50-27-15-17-39(6)26(19-27)11-12-28-30-14-13-29(40(30,7)18-16-31(28)39)25(5)10-9-24(4)23(2)3/h1,11,22-25,27-33,38,48-49H,9-10,12-21H2,2-7H3,(H2,43,45,46)/t24-,25-,27+,28+,29-,30+,31+,32+,33-,38?,39+,40-,41-/m1/s1. The Kier molecular flexibility index (Phi) is 10.3. The van der Waals surface area contributed by atoms with Crippen molar-refractivity contribution in [3.05, 3.63) is 24.1 Å². The van der Waals surface area contributed by atoms with E-state index in [1.54, 1.807) is 0 Å². The minimum Gasteiger partial charge on any atom is -0.392 e. The van der Waals surface area contributed by atoms with Gasteiger partial charge in [0, 0.05) is 6.42 Å². The number of aromatic nitrogens is 4. The number of rotatable bonds is 11. The van der Waals surface area contributed by atoms with Gasteiger partial charge in [0.15, 0.2) is 22.6 Å². The van der Waals surface area contributed by atoms with Crippen LogP contribution < -0.4 is 5.73 Å². The molecule has 1 aliphatic heterocycles. The summed E-state index contributed by atoms with van der Waals surface area (Å²) >= 11 is 0. The predicted octanol–water partition coefficient (Wildman–Crippen LogP) is 7.16. The molecular weight excluding hydrogens is 661 g/mol. The third-order valence-electron chi connectivity index (χ3n) is 15.1. The van der Waals surface area contributed by atoms with Crippen LogP contribution in [0, 0.1) is 70.7 Å². The molecule has 7 rings (SSSR count). The molecule has 3 heterocycles. The number of fused-ring (bicyclic) bond motifs is 6. The smallest absolute Gasteiger partial charge is 0.312 e. The van der Waals surface area contributed by atoms with E-state index in [1.807, 2.05) is 0 Å². The maximum absolute atomic E-state index is 14.0. The highest BCUT2D eigenvalue weighted by molar-refractivity contribution is 5.81. The van der Waals surface area contributed by atoms with Crippen molar-refractivity contribution in [3.63, 3.8) is 0 Å². The summed E-state index contributed by atoms with van der Waals surface area (Å²) < 4.78 is 33.8. The van der Waals surface area contributed by atoms with Gasteiger partial charge in [0.25, 0.3) is 6.48 Å². The zero-order valence-corrected chi connectivity index (χ0v) is 31.9. The molecule has 2 aromatic heterocycles. The summed E-state index contributed by atoms with van der Waals surface area (Å²) in [6.45, 7) is 12.7. The van der Waals surface area contributed by atoms with Crippen LogP contribution in [-0.2, 0) is 14.2 Å². The Morgan fingerprint density at radius 3 is 2.62 bits per heavy atom. The van der Waals surface area contributed by atoms with Gasteiger partial charge in [-0.15, -0.1) is 6.42 Å². The zero-order chi connectivity index (χ0) is 37.2. The number of anilines is 1. The van der Waals surface area contributed by atoms with Gasteiger partial charge in [-0.25, -0.2) is 4.98 Å². The van der Waals surface area contributed by atoms with Crippen molar-refractivity contribution >= 4 is 17.0 Å². The number of aliphatic hydroxyl groups excluding tert-OH is 2. The first-order valence-electron chi connectivity index (χ1n) is 19.8. The lowest BCUT2D eigenvalue weighted by Gasteiger charge is -2.58. The number of nitrogen functional groups attached to an aromatic ring is 1. The van der Waals surface area contributed by atoms with Crippen LogP contribution in [-0.4, -0.2) is 60.6 Å². The number of imidazole rings is 1. The summed E-state index contributed by atoms with van der Waals surface area (Å²) in [7, 11) is 0. The Labute approximate surface area is 308 Å². The number of nitrogens with zero attached hydrogens (tertiary/aromatic N) is 4. The molecule has 1 unspecified atom stereocenters. The fraction of sp³-hybridized carbons (Fsp3) is 0.780. The quantitative estimate of drug-likeness (QED) is 0.0955. The van der Waals surface area contributed by atoms with Crippen molar-refractivity contribution in [2.24, 2.45) is 52.3 Å². The van der Waals surface area contributed by atoms with Gasteiger partial charge in [0.1, 0.15) is 12.3 Å². The first kappa shape index (κ1) is 37.7. The average molecular weight is 722 g/mol. The van der Waals surface area contributed by atoms with E-state index < -0.39 is 37.1 Å². The summed E-state index contributed by atoms with van der Waals surface area (Å²) in [6.07, 6.45) is 18.8.